The van der Waals surface area contributed by atoms with E-state index in [0.29, 0.717) is 17.3 Å². The molecular formula is C15H15N5O3. The molecule has 0 aliphatic heterocycles. The highest BCUT2D eigenvalue weighted by molar-refractivity contribution is 5.94. The molecule has 0 aliphatic rings. The molecule has 23 heavy (non-hydrogen) atoms. The van der Waals surface area contributed by atoms with Crippen LogP contribution in [0, 0.1) is 0 Å². The van der Waals surface area contributed by atoms with Gasteiger partial charge in [0.25, 0.3) is 5.91 Å². The Labute approximate surface area is 131 Å². The number of carbonyl (C=O) groups excluding carboxylic acids is 1. The van der Waals surface area contributed by atoms with Gasteiger partial charge < -0.3 is 14.6 Å². The molecule has 2 aromatic heterocycles. The van der Waals surface area contributed by atoms with Crippen LogP contribution in [0.5, 0.6) is 0 Å². The monoisotopic (exact) mass is 313 g/mol. The minimum Gasteiger partial charge on any atom is -0.377 e. The molecule has 0 spiro atoms. The van der Waals surface area contributed by atoms with Crippen molar-refractivity contribution in [2.45, 2.75) is 13.2 Å². The van der Waals surface area contributed by atoms with Crippen molar-refractivity contribution in [2.24, 2.45) is 0 Å². The summed E-state index contributed by atoms with van der Waals surface area (Å²) in [5, 5.41) is 13.2. The molecule has 1 aromatic carbocycles. The van der Waals surface area contributed by atoms with E-state index in [1.807, 2.05) is 18.2 Å². The number of H-pyrrole nitrogens is 1. The zero-order chi connectivity index (χ0) is 16.1. The van der Waals surface area contributed by atoms with Crippen LogP contribution in [-0.4, -0.2) is 33.4 Å². The largest absolute Gasteiger partial charge is 0.377 e. The maximum absolute atomic E-state index is 12.1. The van der Waals surface area contributed by atoms with Gasteiger partial charge in [0.2, 0.25) is 5.89 Å². The maximum Gasteiger partial charge on any atom is 0.251 e. The lowest BCUT2D eigenvalue weighted by atomic mass is 10.1. The summed E-state index contributed by atoms with van der Waals surface area (Å²) >= 11 is 0. The molecule has 2 heterocycles. The molecule has 2 N–H and O–H groups in total. The highest BCUT2D eigenvalue weighted by Crippen LogP contribution is 2.16. The lowest BCUT2D eigenvalue weighted by Gasteiger charge is -2.03. The number of methoxy groups -OCH3 is 1. The zero-order valence-electron chi connectivity index (χ0n) is 12.4. The molecule has 0 saturated heterocycles. The van der Waals surface area contributed by atoms with E-state index in [1.165, 1.54) is 0 Å². The van der Waals surface area contributed by atoms with Crippen LogP contribution in [0.25, 0.3) is 11.3 Å². The van der Waals surface area contributed by atoms with Gasteiger partial charge in [0, 0.05) is 18.9 Å². The van der Waals surface area contributed by atoms with Crippen molar-refractivity contribution in [3.63, 3.8) is 0 Å². The van der Waals surface area contributed by atoms with Crippen LogP contribution in [0.3, 0.4) is 0 Å². The van der Waals surface area contributed by atoms with E-state index >= 15 is 0 Å². The quantitative estimate of drug-likeness (QED) is 0.715. The van der Waals surface area contributed by atoms with Gasteiger partial charge in [-0.3, -0.25) is 9.89 Å². The molecule has 8 nitrogen and oxygen atoms in total. The van der Waals surface area contributed by atoms with Crippen molar-refractivity contribution in [3.8, 4) is 11.3 Å². The number of aromatic nitrogens is 4. The number of amides is 1. The van der Waals surface area contributed by atoms with E-state index < -0.39 is 0 Å². The van der Waals surface area contributed by atoms with Gasteiger partial charge in [-0.1, -0.05) is 17.3 Å². The summed E-state index contributed by atoms with van der Waals surface area (Å²) in [6.07, 6.45) is 1.68. The predicted molar refractivity (Wildman–Crippen MR) is 80.2 cm³/mol. The fourth-order valence-corrected chi connectivity index (χ4v) is 2.03. The highest BCUT2D eigenvalue weighted by Gasteiger charge is 2.10. The number of nitrogens with zero attached hydrogens (tertiary/aromatic N) is 3. The number of nitrogens with one attached hydrogen (secondary N) is 2. The Hall–Kier alpha value is -3.00. The van der Waals surface area contributed by atoms with E-state index in [2.05, 4.69) is 25.7 Å². The first kappa shape index (κ1) is 14.9. The number of ether oxygens (including phenoxy) is 1. The summed E-state index contributed by atoms with van der Waals surface area (Å²) in [5.74, 6) is 0.563. The fourth-order valence-electron chi connectivity index (χ4n) is 2.03. The average molecular weight is 313 g/mol. The highest BCUT2D eigenvalue weighted by atomic mass is 16.5. The van der Waals surface area contributed by atoms with Gasteiger partial charge in [-0.15, -0.1) is 0 Å². The van der Waals surface area contributed by atoms with Crippen molar-refractivity contribution in [3.05, 3.63) is 53.8 Å². The summed E-state index contributed by atoms with van der Waals surface area (Å²) in [4.78, 5) is 16.2. The van der Waals surface area contributed by atoms with Gasteiger partial charge in [-0.05, 0) is 23.8 Å². The number of carbonyl (C=O) groups is 1. The zero-order valence-corrected chi connectivity index (χ0v) is 12.4. The van der Waals surface area contributed by atoms with E-state index in [4.69, 9.17) is 9.26 Å². The normalized spacial score (nSPS) is 10.7. The third kappa shape index (κ3) is 3.61. The van der Waals surface area contributed by atoms with Crippen LogP contribution < -0.4 is 5.32 Å². The number of rotatable bonds is 6. The molecule has 118 valence electrons. The van der Waals surface area contributed by atoms with Crippen LogP contribution in [-0.2, 0) is 17.9 Å². The topological polar surface area (TPSA) is 106 Å². The van der Waals surface area contributed by atoms with Crippen LogP contribution in [0.1, 0.15) is 22.1 Å². The first-order chi connectivity index (χ1) is 11.3. The van der Waals surface area contributed by atoms with Gasteiger partial charge in [-0.25, -0.2) is 0 Å². The first-order valence-corrected chi connectivity index (χ1v) is 6.94. The van der Waals surface area contributed by atoms with Crippen molar-refractivity contribution in [1.82, 2.24) is 25.7 Å². The number of hydrogen-bond acceptors (Lipinski definition) is 6. The number of benzene rings is 1. The van der Waals surface area contributed by atoms with E-state index in [0.717, 1.165) is 11.3 Å². The second-order valence-electron chi connectivity index (χ2n) is 4.77. The third-order valence-electron chi connectivity index (χ3n) is 3.14. The van der Waals surface area contributed by atoms with Gasteiger partial charge in [-0.2, -0.15) is 10.1 Å². The first-order valence-electron chi connectivity index (χ1n) is 6.94. The Morgan fingerprint density at radius 1 is 1.30 bits per heavy atom. The van der Waals surface area contributed by atoms with E-state index in [1.54, 1.807) is 25.4 Å². The third-order valence-corrected chi connectivity index (χ3v) is 3.14. The lowest BCUT2D eigenvalue weighted by Crippen LogP contribution is -2.22. The van der Waals surface area contributed by atoms with Crippen molar-refractivity contribution >= 4 is 5.91 Å². The average Bonchev–Trinajstić information content (AvgIpc) is 3.25. The Bertz CT molecular complexity index is 765. The standard InChI is InChI=1S/C15H15N5O3/c1-22-9-13-18-14(23-20-13)8-16-15(21)11-4-2-10(3-5-11)12-6-7-17-19-12/h2-7H,8-9H2,1H3,(H,16,21)(H,17,19). The van der Waals surface area contributed by atoms with Gasteiger partial charge in [0.1, 0.15) is 6.61 Å². The Morgan fingerprint density at radius 2 is 2.13 bits per heavy atom. The minimum atomic E-state index is -0.215. The summed E-state index contributed by atoms with van der Waals surface area (Å²) in [5.41, 5.74) is 2.40. The van der Waals surface area contributed by atoms with Crippen molar-refractivity contribution in [2.75, 3.05) is 7.11 Å². The number of aromatic amines is 1. The van der Waals surface area contributed by atoms with Crippen LogP contribution in [0.2, 0.25) is 0 Å². The van der Waals surface area contributed by atoms with Gasteiger partial charge in [0.05, 0.1) is 12.2 Å². The lowest BCUT2D eigenvalue weighted by molar-refractivity contribution is 0.0946. The Kier molecular flexibility index (Phi) is 4.44. The molecule has 8 heteroatoms. The van der Waals surface area contributed by atoms with Crippen molar-refractivity contribution in [1.29, 1.82) is 0 Å². The molecule has 0 aliphatic carbocycles. The molecule has 1 amide bonds. The SMILES string of the molecule is COCc1noc(CNC(=O)c2ccc(-c3ccn[nH]3)cc2)n1. The predicted octanol–water partition coefficient (Wildman–Crippen LogP) is 1.54. The molecule has 3 aromatic rings. The van der Waals surface area contributed by atoms with Crippen molar-refractivity contribution < 1.29 is 14.1 Å². The van der Waals surface area contributed by atoms with Gasteiger partial charge in [0.15, 0.2) is 5.82 Å². The van der Waals surface area contributed by atoms with E-state index in [-0.39, 0.29) is 19.1 Å². The minimum absolute atomic E-state index is 0.165. The molecule has 0 fully saturated rings. The summed E-state index contributed by atoms with van der Waals surface area (Å²) in [6.45, 7) is 0.435. The Morgan fingerprint density at radius 3 is 2.83 bits per heavy atom. The van der Waals surface area contributed by atoms with Crippen LogP contribution in [0.15, 0.2) is 41.1 Å². The molecule has 3 rings (SSSR count). The maximum atomic E-state index is 12.1. The summed E-state index contributed by atoms with van der Waals surface area (Å²) in [6, 6.07) is 9.06. The molecule has 0 unspecified atom stereocenters. The number of hydrogen-bond donors (Lipinski definition) is 2. The molecule has 0 saturated carbocycles. The fraction of sp³-hybridized carbons (Fsp3) is 0.200. The Balaban J connectivity index is 1.59. The molecule has 0 bridgehead atoms. The molecule has 0 atom stereocenters. The van der Waals surface area contributed by atoms with Gasteiger partial charge >= 0.3 is 0 Å². The summed E-state index contributed by atoms with van der Waals surface area (Å²) < 4.78 is 9.90. The van der Waals surface area contributed by atoms with Crippen LogP contribution >= 0.6 is 0 Å². The second-order valence-corrected chi connectivity index (χ2v) is 4.77. The summed E-state index contributed by atoms with van der Waals surface area (Å²) in [7, 11) is 1.55. The molecule has 0 radical (unpaired) electrons. The second kappa shape index (κ2) is 6.84. The molecular weight excluding hydrogens is 298 g/mol. The van der Waals surface area contributed by atoms with E-state index in [9.17, 15) is 4.79 Å². The smallest absolute Gasteiger partial charge is 0.251 e. The van der Waals surface area contributed by atoms with Crippen LogP contribution in [0.4, 0.5) is 0 Å².